The molecule has 0 fully saturated rings. The summed E-state index contributed by atoms with van der Waals surface area (Å²) in [6, 6.07) is 6.11. The van der Waals surface area contributed by atoms with Crippen LogP contribution in [0.15, 0.2) is 29.0 Å². The molecule has 1 atom stereocenters. The Morgan fingerprint density at radius 3 is 1.93 bits per heavy atom. The summed E-state index contributed by atoms with van der Waals surface area (Å²) in [5.74, 6) is 0. The van der Waals surface area contributed by atoms with Crippen LogP contribution in [0.1, 0.15) is 63.6 Å². The topological polar surface area (TPSA) is 0 Å². The summed E-state index contributed by atoms with van der Waals surface area (Å²) in [6.45, 7) is 18.8. The number of hydrogen-bond donors (Lipinski definition) is 0. The van der Waals surface area contributed by atoms with Gasteiger partial charge in [-0.15, -0.1) is 6.42 Å². The number of allylic oxidation sites excluding steroid dienone is 4. The van der Waals surface area contributed by atoms with Crippen molar-refractivity contribution in [2.45, 2.75) is 80.3 Å². The zero-order valence-electron chi connectivity index (χ0n) is 18.7. The summed E-state index contributed by atoms with van der Waals surface area (Å²) in [5, 5.41) is 3.26. The van der Waals surface area contributed by atoms with Gasteiger partial charge >= 0.3 is 21.7 Å². The van der Waals surface area contributed by atoms with Crippen LogP contribution in [0.4, 0.5) is 0 Å². The van der Waals surface area contributed by atoms with Gasteiger partial charge in [-0.3, -0.25) is 6.08 Å². The predicted molar refractivity (Wildman–Crippen MR) is 111 cm³/mol. The molecule has 0 spiro atoms. The summed E-state index contributed by atoms with van der Waals surface area (Å²) < 4.78 is 0. The molecule has 0 amide bonds. The number of unbranched alkanes of at least 4 members (excludes halogenated alkanes) is 1. The predicted octanol–water partition coefficient (Wildman–Crippen LogP) is -2.65. The van der Waals surface area contributed by atoms with Gasteiger partial charge in [-0.25, -0.2) is 5.20 Å². The summed E-state index contributed by atoms with van der Waals surface area (Å²) in [7, 11) is -1.76. The summed E-state index contributed by atoms with van der Waals surface area (Å²) in [6.07, 6.45) is 9.84. The average molecular weight is 494 g/mol. The largest absolute Gasteiger partial charge is 4.00 e. The molecule has 2 rings (SSSR count). The fourth-order valence-electron chi connectivity index (χ4n) is 4.58. The van der Waals surface area contributed by atoms with E-state index in [0.29, 0.717) is 0 Å². The molecule has 28 heavy (non-hydrogen) atoms. The molecule has 0 bridgehead atoms. The number of halogens is 3. The Labute approximate surface area is 208 Å². The van der Waals surface area contributed by atoms with E-state index in [1.165, 1.54) is 35.6 Å². The molecule has 0 saturated carbocycles. The molecule has 0 saturated heterocycles. The van der Waals surface area contributed by atoms with Gasteiger partial charge in [0.25, 0.3) is 0 Å². The standard InChI is InChI=1S/C23H35Si.3ClH.Ti/c1-9-10-14-24(8,21-13-11-12-20(21)23(5,6)7)22-18(3)15-17(2)16-19(22)4;;;;/h12,15-16H,9-11,14H2,1-8H3;3*1H;/q-1;;;;+4/p-3. The first kappa shape index (κ1) is 33.1. The molecule has 0 radical (unpaired) electrons. The molecular weight excluding hydrogens is 459 g/mol. The van der Waals surface area contributed by atoms with Crippen LogP contribution in [-0.2, 0) is 21.7 Å². The first-order valence-corrected chi connectivity index (χ1v) is 12.2. The molecule has 0 aliphatic heterocycles. The Morgan fingerprint density at radius 1 is 1.00 bits per heavy atom. The number of rotatable bonds is 5. The number of aryl methyl sites for hydroxylation is 3. The van der Waals surface area contributed by atoms with Crippen molar-refractivity contribution in [1.29, 1.82) is 0 Å². The maximum absolute atomic E-state index is 3.82. The maximum atomic E-state index is 3.82. The number of hydrogen-bond acceptors (Lipinski definition) is 0. The van der Waals surface area contributed by atoms with Crippen LogP contribution in [0.2, 0.25) is 12.6 Å². The van der Waals surface area contributed by atoms with Crippen LogP contribution in [0, 0.1) is 32.3 Å². The summed E-state index contributed by atoms with van der Waals surface area (Å²) in [5.41, 5.74) is 6.15. The van der Waals surface area contributed by atoms with E-state index in [2.05, 4.69) is 79.3 Å². The minimum atomic E-state index is -1.76. The third kappa shape index (κ3) is 7.03. The van der Waals surface area contributed by atoms with Gasteiger partial charge in [-0.2, -0.15) is 11.6 Å². The normalized spacial score (nSPS) is 15.0. The smallest absolute Gasteiger partial charge is 1.00 e. The van der Waals surface area contributed by atoms with Gasteiger partial charge < -0.3 is 37.2 Å². The van der Waals surface area contributed by atoms with E-state index in [-0.39, 0.29) is 64.4 Å². The van der Waals surface area contributed by atoms with Crippen molar-refractivity contribution < 1.29 is 58.9 Å². The summed E-state index contributed by atoms with van der Waals surface area (Å²) >= 11 is 0. The first-order valence-electron chi connectivity index (χ1n) is 9.52. The Hall–Kier alpha value is 0.501. The second-order valence-electron chi connectivity index (χ2n) is 8.83. The van der Waals surface area contributed by atoms with Gasteiger partial charge in [-0.1, -0.05) is 92.6 Å². The second kappa shape index (κ2) is 13.0. The molecule has 1 aliphatic carbocycles. The van der Waals surface area contributed by atoms with Crippen LogP contribution in [0.25, 0.3) is 0 Å². The van der Waals surface area contributed by atoms with Crippen molar-refractivity contribution in [3.05, 3.63) is 51.7 Å². The molecule has 0 N–H and O–H groups in total. The van der Waals surface area contributed by atoms with Crippen molar-refractivity contribution in [1.82, 2.24) is 0 Å². The molecule has 0 nitrogen and oxygen atoms in total. The monoisotopic (exact) mass is 492 g/mol. The quantitative estimate of drug-likeness (QED) is 0.311. The van der Waals surface area contributed by atoms with Gasteiger partial charge in [0.1, 0.15) is 0 Å². The van der Waals surface area contributed by atoms with Crippen molar-refractivity contribution in [2.75, 3.05) is 0 Å². The van der Waals surface area contributed by atoms with E-state index in [9.17, 15) is 0 Å². The summed E-state index contributed by atoms with van der Waals surface area (Å²) in [4.78, 5) is 0. The van der Waals surface area contributed by atoms with Gasteiger partial charge in [0.2, 0.25) is 0 Å². The molecule has 5 heteroatoms. The van der Waals surface area contributed by atoms with Crippen molar-refractivity contribution in [3.63, 3.8) is 0 Å². The molecule has 156 valence electrons. The zero-order valence-corrected chi connectivity index (χ0v) is 23.5. The molecule has 0 aromatic heterocycles. The molecule has 0 heterocycles. The van der Waals surface area contributed by atoms with Gasteiger partial charge in [-0.05, 0) is 20.8 Å². The minimum absolute atomic E-state index is 0. The zero-order chi connectivity index (χ0) is 18.1. The SMILES string of the molecule is CCCC[Si](C)(C1=[C-]CC=C1C(C)(C)C)c1c(C)cc(C)cc1C.[Cl-].[Cl-].[Cl-].[Ti+4]. The Kier molecular flexibility index (Phi) is 15.4. The Bertz CT molecular complexity index is 667. The van der Waals surface area contributed by atoms with Crippen molar-refractivity contribution in [3.8, 4) is 0 Å². The molecule has 1 aromatic rings. The Balaban J connectivity index is -0.00000156. The van der Waals surface area contributed by atoms with E-state index in [4.69, 9.17) is 0 Å². The van der Waals surface area contributed by atoms with E-state index in [1.807, 2.05) is 0 Å². The molecule has 1 aliphatic rings. The fraction of sp³-hybridized carbons (Fsp3) is 0.565. The van der Waals surface area contributed by atoms with Crippen LogP contribution in [0.3, 0.4) is 0 Å². The van der Waals surface area contributed by atoms with E-state index in [1.54, 1.807) is 16.0 Å². The Morgan fingerprint density at radius 2 is 1.50 bits per heavy atom. The van der Waals surface area contributed by atoms with E-state index < -0.39 is 8.07 Å². The third-order valence-corrected chi connectivity index (χ3v) is 10.3. The van der Waals surface area contributed by atoms with Gasteiger partial charge in [0.05, 0.1) is 8.07 Å². The molecular formula is C23H35Cl3SiTi. The van der Waals surface area contributed by atoms with Crippen molar-refractivity contribution >= 4 is 13.3 Å². The molecule has 1 unspecified atom stereocenters. The minimum Gasteiger partial charge on any atom is -1.00 e. The van der Waals surface area contributed by atoms with Gasteiger partial charge in [0, 0.05) is 0 Å². The average Bonchev–Trinajstić information content (AvgIpc) is 2.94. The van der Waals surface area contributed by atoms with Crippen LogP contribution >= 0.6 is 0 Å². The number of benzene rings is 1. The fourth-order valence-corrected chi connectivity index (χ4v) is 9.84. The van der Waals surface area contributed by atoms with Crippen LogP contribution in [-0.4, -0.2) is 8.07 Å². The maximum Gasteiger partial charge on any atom is 4.00 e. The van der Waals surface area contributed by atoms with Crippen LogP contribution in [0.5, 0.6) is 0 Å². The second-order valence-corrected chi connectivity index (χ2v) is 13.0. The van der Waals surface area contributed by atoms with Gasteiger partial charge in [0.15, 0.2) is 0 Å². The van der Waals surface area contributed by atoms with E-state index >= 15 is 0 Å². The van der Waals surface area contributed by atoms with Crippen LogP contribution < -0.4 is 42.4 Å². The third-order valence-electron chi connectivity index (χ3n) is 5.47. The van der Waals surface area contributed by atoms with Crippen molar-refractivity contribution in [2.24, 2.45) is 5.41 Å². The van der Waals surface area contributed by atoms with E-state index in [0.717, 1.165) is 6.42 Å². The first-order chi connectivity index (χ1) is 11.1. The molecule has 1 aromatic carbocycles.